The lowest BCUT2D eigenvalue weighted by Gasteiger charge is -2.16. The zero-order valence-electron chi connectivity index (χ0n) is 9.14. The number of nitrogens with one attached hydrogen (secondary N) is 1. The van der Waals surface area contributed by atoms with Gasteiger partial charge in [0.25, 0.3) is 0 Å². The molecule has 0 aliphatic carbocycles. The Bertz CT molecular complexity index is 392. The third-order valence-corrected chi connectivity index (χ3v) is 3.01. The zero-order chi connectivity index (χ0) is 11.5. The SMILES string of the molecule is COc1cccc([C@@H]2CCN[C@H]2C(=O)O)c1. The highest BCUT2D eigenvalue weighted by atomic mass is 16.5. The number of methoxy groups -OCH3 is 1. The standard InChI is InChI=1S/C12H15NO3/c1-16-9-4-2-3-8(7-9)10-5-6-13-11(10)12(14)15/h2-4,7,10-11,13H,5-6H2,1H3,(H,14,15)/t10-,11+/m0/s1. The second-order valence-electron chi connectivity index (χ2n) is 3.94. The van der Waals surface area contributed by atoms with Crippen LogP contribution in [-0.2, 0) is 4.79 Å². The van der Waals surface area contributed by atoms with E-state index in [2.05, 4.69) is 5.32 Å². The lowest BCUT2D eigenvalue weighted by Crippen LogP contribution is -2.34. The van der Waals surface area contributed by atoms with Gasteiger partial charge >= 0.3 is 5.97 Å². The van der Waals surface area contributed by atoms with Crippen molar-refractivity contribution in [3.8, 4) is 5.75 Å². The lowest BCUT2D eigenvalue weighted by molar-refractivity contribution is -0.139. The molecule has 86 valence electrons. The van der Waals surface area contributed by atoms with Gasteiger partial charge in [0, 0.05) is 5.92 Å². The summed E-state index contributed by atoms with van der Waals surface area (Å²) in [4.78, 5) is 11.0. The van der Waals surface area contributed by atoms with Crippen LogP contribution in [0.15, 0.2) is 24.3 Å². The van der Waals surface area contributed by atoms with Crippen molar-refractivity contribution in [2.24, 2.45) is 0 Å². The highest BCUT2D eigenvalue weighted by Gasteiger charge is 2.33. The molecular weight excluding hydrogens is 206 g/mol. The second kappa shape index (κ2) is 4.53. The number of carboxylic acids is 1. The van der Waals surface area contributed by atoms with Crippen molar-refractivity contribution in [2.75, 3.05) is 13.7 Å². The molecule has 16 heavy (non-hydrogen) atoms. The number of hydrogen-bond donors (Lipinski definition) is 2. The largest absolute Gasteiger partial charge is 0.497 e. The quantitative estimate of drug-likeness (QED) is 0.806. The minimum atomic E-state index is -0.787. The van der Waals surface area contributed by atoms with E-state index in [-0.39, 0.29) is 5.92 Å². The van der Waals surface area contributed by atoms with Crippen LogP contribution in [-0.4, -0.2) is 30.8 Å². The number of rotatable bonds is 3. The molecule has 4 heteroatoms. The van der Waals surface area contributed by atoms with Crippen LogP contribution in [0, 0.1) is 0 Å². The third kappa shape index (κ3) is 2.02. The van der Waals surface area contributed by atoms with Gasteiger partial charge in [0.05, 0.1) is 7.11 Å². The molecule has 1 aromatic carbocycles. The molecule has 0 amide bonds. The molecule has 1 saturated heterocycles. The number of benzene rings is 1. The molecule has 1 fully saturated rings. The van der Waals surface area contributed by atoms with Crippen molar-refractivity contribution in [3.05, 3.63) is 29.8 Å². The van der Waals surface area contributed by atoms with Gasteiger partial charge in [-0.2, -0.15) is 0 Å². The van der Waals surface area contributed by atoms with Crippen molar-refractivity contribution in [2.45, 2.75) is 18.4 Å². The fourth-order valence-electron chi connectivity index (χ4n) is 2.19. The first-order chi connectivity index (χ1) is 7.72. The molecule has 0 bridgehead atoms. The molecule has 4 nitrogen and oxygen atoms in total. The van der Waals surface area contributed by atoms with Crippen molar-refractivity contribution in [3.63, 3.8) is 0 Å². The molecule has 0 aromatic heterocycles. The molecule has 1 heterocycles. The first-order valence-corrected chi connectivity index (χ1v) is 5.32. The number of ether oxygens (including phenoxy) is 1. The lowest BCUT2D eigenvalue weighted by atomic mass is 9.92. The summed E-state index contributed by atoms with van der Waals surface area (Å²) in [5.74, 6) is 0.0199. The summed E-state index contributed by atoms with van der Waals surface area (Å²) in [5.41, 5.74) is 1.02. The Kier molecular flexibility index (Phi) is 3.10. The van der Waals surface area contributed by atoms with E-state index < -0.39 is 12.0 Å². The molecule has 1 aliphatic heterocycles. The third-order valence-electron chi connectivity index (χ3n) is 3.01. The Balaban J connectivity index is 2.25. The number of carbonyl (C=O) groups is 1. The zero-order valence-corrected chi connectivity index (χ0v) is 9.14. The fourth-order valence-corrected chi connectivity index (χ4v) is 2.19. The molecule has 1 aliphatic rings. The molecule has 2 N–H and O–H groups in total. The average Bonchev–Trinajstić information content (AvgIpc) is 2.78. The van der Waals surface area contributed by atoms with E-state index in [0.717, 1.165) is 24.3 Å². The summed E-state index contributed by atoms with van der Waals surface area (Å²) in [6.45, 7) is 0.749. The Morgan fingerprint density at radius 3 is 3.06 bits per heavy atom. The number of carboxylic acid groups (broad SMARTS) is 1. The van der Waals surface area contributed by atoms with Gasteiger partial charge in [-0.15, -0.1) is 0 Å². The smallest absolute Gasteiger partial charge is 0.321 e. The highest BCUT2D eigenvalue weighted by molar-refractivity contribution is 5.75. The average molecular weight is 221 g/mol. The summed E-state index contributed by atoms with van der Waals surface area (Å²) >= 11 is 0. The van der Waals surface area contributed by atoms with Crippen LogP contribution < -0.4 is 10.1 Å². The Morgan fingerprint density at radius 1 is 1.56 bits per heavy atom. The van der Waals surface area contributed by atoms with E-state index in [1.54, 1.807) is 7.11 Å². The molecule has 1 aromatic rings. The monoisotopic (exact) mass is 221 g/mol. The van der Waals surface area contributed by atoms with Crippen molar-refractivity contribution >= 4 is 5.97 Å². The van der Waals surface area contributed by atoms with Gasteiger partial charge in [-0.1, -0.05) is 12.1 Å². The molecule has 0 radical (unpaired) electrons. The predicted octanol–water partition coefficient (Wildman–Crippen LogP) is 1.23. The van der Waals surface area contributed by atoms with Gasteiger partial charge in [-0.3, -0.25) is 4.79 Å². The van der Waals surface area contributed by atoms with Crippen LogP contribution in [0.3, 0.4) is 0 Å². The predicted molar refractivity (Wildman–Crippen MR) is 59.8 cm³/mol. The van der Waals surface area contributed by atoms with Crippen LogP contribution in [0.25, 0.3) is 0 Å². The van der Waals surface area contributed by atoms with Crippen molar-refractivity contribution in [1.82, 2.24) is 5.32 Å². The summed E-state index contributed by atoms with van der Waals surface area (Å²) in [5, 5.41) is 12.1. The van der Waals surface area contributed by atoms with Gasteiger partial charge in [-0.05, 0) is 30.7 Å². The molecule has 2 atom stereocenters. The topological polar surface area (TPSA) is 58.6 Å². The summed E-state index contributed by atoms with van der Waals surface area (Å²) in [6, 6.07) is 7.14. The van der Waals surface area contributed by atoms with Crippen molar-refractivity contribution in [1.29, 1.82) is 0 Å². The van der Waals surface area contributed by atoms with Gasteiger partial charge in [0.15, 0.2) is 0 Å². The summed E-state index contributed by atoms with van der Waals surface area (Å²) in [7, 11) is 1.61. The van der Waals surface area contributed by atoms with Gasteiger partial charge in [0.2, 0.25) is 0 Å². The maximum absolute atomic E-state index is 11.0. The van der Waals surface area contributed by atoms with E-state index in [1.165, 1.54) is 0 Å². The van der Waals surface area contributed by atoms with Crippen LogP contribution in [0.2, 0.25) is 0 Å². The van der Waals surface area contributed by atoms with Crippen LogP contribution >= 0.6 is 0 Å². The molecule has 0 unspecified atom stereocenters. The number of hydrogen-bond acceptors (Lipinski definition) is 3. The highest BCUT2D eigenvalue weighted by Crippen LogP contribution is 2.29. The summed E-state index contributed by atoms with van der Waals surface area (Å²) < 4.78 is 5.14. The molecule has 0 saturated carbocycles. The minimum absolute atomic E-state index is 0.0348. The Labute approximate surface area is 94.2 Å². The molecular formula is C12H15NO3. The van der Waals surface area contributed by atoms with Gasteiger partial charge in [-0.25, -0.2) is 0 Å². The van der Waals surface area contributed by atoms with Crippen LogP contribution in [0.4, 0.5) is 0 Å². The minimum Gasteiger partial charge on any atom is -0.497 e. The Morgan fingerprint density at radius 2 is 2.38 bits per heavy atom. The maximum atomic E-state index is 11.0. The van der Waals surface area contributed by atoms with Crippen molar-refractivity contribution < 1.29 is 14.6 Å². The van der Waals surface area contributed by atoms with Gasteiger partial charge in [0.1, 0.15) is 11.8 Å². The molecule has 0 spiro atoms. The van der Waals surface area contributed by atoms with E-state index in [4.69, 9.17) is 9.84 Å². The number of aliphatic carboxylic acids is 1. The van der Waals surface area contributed by atoms with Gasteiger partial charge < -0.3 is 15.2 Å². The fraction of sp³-hybridized carbons (Fsp3) is 0.417. The van der Waals surface area contributed by atoms with Crippen LogP contribution in [0.1, 0.15) is 17.9 Å². The van der Waals surface area contributed by atoms with E-state index >= 15 is 0 Å². The summed E-state index contributed by atoms with van der Waals surface area (Å²) in [6.07, 6.45) is 0.851. The maximum Gasteiger partial charge on any atom is 0.321 e. The Hall–Kier alpha value is -1.55. The van der Waals surface area contributed by atoms with E-state index in [1.807, 2.05) is 24.3 Å². The van der Waals surface area contributed by atoms with E-state index in [0.29, 0.717) is 0 Å². The first-order valence-electron chi connectivity index (χ1n) is 5.32. The molecule has 2 rings (SSSR count). The second-order valence-corrected chi connectivity index (χ2v) is 3.94. The van der Waals surface area contributed by atoms with E-state index in [9.17, 15) is 4.79 Å². The van der Waals surface area contributed by atoms with Crippen LogP contribution in [0.5, 0.6) is 5.75 Å². The first kappa shape index (κ1) is 11.0. The normalized spacial score (nSPS) is 24.3.